The Hall–Kier alpha value is 1.03. The Morgan fingerprint density at radius 2 is 1.82 bits per heavy atom. The zero-order valence-electron chi connectivity index (χ0n) is 10.6. The number of hydrogen-bond acceptors (Lipinski definition) is 1. The van der Waals surface area contributed by atoms with E-state index in [1.807, 2.05) is 0 Å². The fourth-order valence-corrected chi connectivity index (χ4v) is 3.89. The average Bonchev–Trinajstić information content (AvgIpc) is 2.58. The molecule has 0 bridgehead atoms. The van der Waals surface area contributed by atoms with Crippen LogP contribution in [0, 0.1) is 11.8 Å². The number of thioether (sulfide) groups is 1. The third kappa shape index (κ3) is 4.00. The first-order valence-electron chi connectivity index (χ1n) is 5.33. The van der Waals surface area contributed by atoms with Gasteiger partial charge in [0.05, 0.1) is 0 Å². The summed E-state index contributed by atoms with van der Waals surface area (Å²) in [5.41, 5.74) is 3.17. The third-order valence-corrected chi connectivity index (χ3v) is 4.67. The Bertz CT molecular complexity index is 341. The molecule has 0 radical (unpaired) electrons. The minimum absolute atomic E-state index is 0. The number of allylic oxidation sites excluding steroid dienone is 5. The van der Waals surface area contributed by atoms with Gasteiger partial charge in [-0.1, -0.05) is 37.6 Å². The molecule has 0 nitrogen and oxygen atoms in total. The van der Waals surface area contributed by atoms with Gasteiger partial charge in [-0.05, 0) is 30.2 Å². The Morgan fingerprint density at radius 1 is 1.24 bits per heavy atom. The predicted molar refractivity (Wildman–Crippen MR) is 65.3 cm³/mol. The summed E-state index contributed by atoms with van der Waals surface area (Å²) in [7, 11) is 0. The van der Waals surface area contributed by atoms with Crippen molar-refractivity contribution >= 4 is 11.8 Å². The second-order valence-corrected chi connectivity index (χ2v) is 5.88. The summed E-state index contributed by atoms with van der Waals surface area (Å²) in [6.07, 6.45) is 6.82. The van der Waals surface area contributed by atoms with Gasteiger partial charge in [-0.15, -0.1) is 11.8 Å². The van der Waals surface area contributed by atoms with E-state index in [1.165, 1.54) is 5.57 Å². The van der Waals surface area contributed by atoms with Crippen molar-refractivity contribution in [3.8, 4) is 0 Å². The summed E-state index contributed by atoms with van der Waals surface area (Å²) >= 11 is 2.07. The Morgan fingerprint density at radius 3 is 2.29 bits per heavy atom. The molecule has 2 atom stereocenters. The fourth-order valence-electron chi connectivity index (χ4n) is 2.31. The van der Waals surface area contributed by atoms with Gasteiger partial charge in [0, 0.05) is 11.2 Å². The molecule has 1 aliphatic carbocycles. The van der Waals surface area contributed by atoms with Crippen molar-refractivity contribution in [1.82, 2.24) is 0 Å². The van der Waals surface area contributed by atoms with Crippen LogP contribution in [0.4, 0.5) is 0 Å². The Kier molecular flexibility index (Phi) is 9.88. The van der Waals surface area contributed by atoms with E-state index in [1.54, 1.807) is 10.5 Å². The molecule has 1 saturated heterocycles. The molecule has 0 amide bonds. The number of fused-ring (bicyclic) bond motifs is 1. The molecule has 17 heavy (non-hydrogen) atoms. The van der Waals surface area contributed by atoms with E-state index in [0.717, 1.165) is 5.92 Å². The molecule has 0 spiro atoms. The molecule has 0 N–H and O–H groups in total. The van der Waals surface area contributed by atoms with Crippen molar-refractivity contribution in [2.45, 2.75) is 32.9 Å². The van der Waals surface area contributed by atoms with Gasteiger partial charge in [0.15, 0.2) is 0 Å². The molecule has 0 aromatic rings. The molecule has 2 unspecified atom stereocenters. The molecule has 2 aliphatic rings. The molecule has 1 aliphatic heterocycles. The van der Waals surface area contributed by atoms with Gasteiger partial charge in [0.2, 0.25) is 0 Å². The molecule has 0 aromatic carbocycles. The van der Waals surface area contributed by atoms with E-state index < -0.39 is 0 Å². The van der Waals surface area contributed by atoms with Gasteiger partial charge in [-0.25, -0.2) is 0 Å². The summed E-state index contributed by atoms with van der Waals surface area (Å²) in [5.74, 6) is 1.36. The van der Waals surface area contributed by atoms with E-state index in [4.69, 9.17) is 0 Å². The molecule has 1 heterocycles. The van der Waals surface area contributed by atoms with E-state index in [0.29, 0.717) is 11.2 Å². The van der Waals surface area contributed by atoms with Crippen LogP contribution in [0.1, 0.15) is 27.7 Å². The number of halogens is 2. The van der Waals surface area contributed by atoms with Gasteiger partial charge in [0.1, 0.15) is 0 Å². The molecular weight excluding hydrogens is 350 g/mol. The minimum Gasteiger partial charge on any atom is -1.00 e. The second kappa shape index (κ2) is 8.25. The number of hydrogen-bond donors (Lipinski definition) is 0. The summed E-state index contributed by atoms with van der Waals surface area (Å²) in [4.78, 5) is 1.56. The first-order valence-corrected chi connectivity index (χ1v) is 6.21. The smallest absolute Gasteiger partial charge is 1.00 e. The fraction of sp³-hybridized carbons (Fsp3) is 0.538. The normalized spacial score (nSPS) is 24.5. The Balaban J connectivity index is 0. The van der Waals surface area contributed by atoms with E-state index in [9.17, 15) is 0 Å². The van der Waals surface area contributed by atoms with Crippen LogP contribution in [-0.4, -0.2) is 5.25 Å². The van der Waals surface area contributed by atoms with E-state index in [-0.39, 0.29) is 51.0 Å². The van der Waals surface area contributed by atoms with E-state index >= 15 is 0 Å². The van der Waals surface area contributed by atoms with Crippen LogP contribution >= 0.6 is 11.8 Å². The molecule has 4 heteroatoms. The molecule has 94 valence electrons. The maximum Gasteiger partial charge on any atom is 2.00 e. The van der Waals surface area contributed by atoms with Gasteiger partial charge in [-0.3, -0.25) is 0 Å². The van der Waals surface area contributed by atoms with Crippen molar-refractivity contribution in [1.29, 1.82) is 0 Å². The maximum atomic E-state index is 2.34. The van der Waals surface area contributed by atoms with E-state index in [2.05, 4.69) is 57.7 Å². The van der Waals surface area contributed by atoms with Crippen LogP contribution in [-0.2, 0) is 26.2 Å². The SMILES string of the molecule is CC(C)=C1C2C=CC=C2SC1C(C)C.[Cl-].[Cl-].[Zr+2]. The largest absolute Gasteiger partial charge is 2.00 e. The van der Waals surface area contributed by atoms with Crippen LogP contribution in [0.2, 0.25) is 0 Å². The van der Waals surface area contributed by atoms with Crippen LogP contribution in [0.25, 0.3) is 0 Å². The topological polar surface area (TPSA) is 0 Å². The van der Waals surface area contributed by atoms with Crippen molar-refractivity contribution < 1.29 is 51.0 Å². The second-order valence-electron chi connectivity index (χ2n) is 4.67. The van der Waals surface area contributed by atoms with Crippen LogP contribution in [0.15, 0.2) is 34.3 Å². The first kappa shape index (κ1) is 20.4. The van der Waals surface area contributed by atoms with Gasteiger partial charge in [-0.2, -0.15) is 0 Å². The van der Waals surface area contributed by atoms with Crippen molar-refractivity contribution in [3.05, 3.63) is 34.3 Å². The predicted octanol–water partition coefficient (Wildman–Crippen LogP) is -1.83. The van der Waals surface area contributed by atoms with Crippen LogP contribution in [0.5, 0.6) is 0 Å². The third-order valence-electron chi connectivity index (χ3n) is 2.96. The summed E-state index contributed by atoms with van der Waals surface area (Å²) in [6, 6.07) is 0. The molecule has 1 fully saturated rings. The number of rotatable bonds is 1. The van der Waals surface area contributed by atoms with Gasteiger partial charge < -0.3 is 24.8 Å². The van der Waals surface area contributed by atoms with Crippen molar-refractivity contribution in [3.63, 3.8) is 0 Å². The molecule has 0 aromatic heterocycles. The van der Waals surface area contributed by atoms with Crippen molar-refractivity contribution in [2.24, 2.45) is 11.8 Å². The van der Waals surface area contributed by atoms with Gasteiger partial charge in [0.25, 0.3) is 0 Å². The first-order chi connectivity index (χ1) is 6.61. The average molecular weight is 368 g/mol. The standard InChI is InChI=1S/C13H18S.2ClH.Zr/c1-8(2)12-10-6-5-7-11(10)14-13(12)9(3)4;;;/h5-7,9-10,13H,1-4H3;2*1H;/q;;;+2/p-2. The molecular formula is C13H18Cl2SZr. The summed E-state index contributed by atoms with van der Waals surface area (Å²) in [6.45, 7) is 9.15. The maximum absolute atomic E-state index is 2.34. The van der Waals surface area contributed by atoms with Crippen LogP contribution in [0.3, 0.4) is 0 Å². The Labute approximate surface area is 141 Å². The summed E-state index contributed by atoms with van der Waals surface area (Å²) in [5, 5.41) is 0.709. The zero-order valence-corrected chi connectivity index (χ0v) is 15.4. The zero-order chi connectivity index (χ0) is 10.3. The molecule has 0 saturated carbocycles. The monoisotopic (exact) mass is 366 g/mol. The molecule has 2 rings (SSSR count). The minimum atomic E-state index is 0. The summed E-state index contributed by atoms with van der Waals surface area (Å²) < 4.78 is 0. The van der Waals surface area contributed by atoms with Crippen molar-refractivity contribution in [2.75, 3.05) is 0 Å². The van der Waals surface area contributed by atoms with Gasteiger partial charge >= 0.3 is 26.2 Å². The quantitative estimate of drug-likeness (QED) is 0.491. The van der Waals surface area contributed by atoms with Crippen LogP contribution < -0.4 is 24.8 Å².